The van der Waals surface area contributed by atoms with E-state index in [9.17, 15) is 18.3 Å². The summed E-state index contributed by atoms with van der Waals surface area (Å²) in [5.74, 6) is 0.552. The molecule has 1 unspecified atom stereocenters. The van der Waals surface area contributed by atoms with Gasteiger partial charge in [-0.15, -0.1) is 0 Å². The first-order chi connectivity index (χ1) is 16.8. The number of fused-ring (bicyclic) bond motifs is 1. The van der Waals surface area contributed by atoms with E-state index in [1.54, 1.807) is 6.07 Å². The third-order valence-corrected chi connectivity index (χ3v) is 7.20. The average Bonchev–Trinajstić information content (AvgIpc) is 3.25. The quantitative estimate of drug-likeness (QED) is 0.458. The Morgan fingerprint density at radius 1 is 1.00 bits per heavy atom. The number of hydrogen-bond donors (Lipinski definition) is 2. The van der Waals surface area contributed by atoms with Crippen LogP contribution in [-0.4, -0.2) is 34.3 Å². The maximum atomic E-state index is 13.6. The van der Waals surface area contributed by atoms with Crippen molar-refractivity contribution in [2.24, 2.45) is 0 Å². The molecule has 2 aliphatic carbocycles. The van der Waals surface area contributed by atoms with Gasteiger partial charge in [0.2, 0.25) is 0 Å². The molecule has 0 bridgehead atoms. The van der Waals surface area contributed by atoms with E-state index in [1.807, 2.05) is 30.1 Å². The molecule has 1 saturated carbocycles. The Bertz CT molecular complexity index is 1210. The molecular weight excluding hydrogens is 453 g/mol. The Labute approximate surface area is 203 Å². The Hall–Kier alpha value is -3.13. The molecule has 3 aromatic rings. The van der Waals surface area contributed by atoms with Crippen molar-refractivity contribution in [2.75, 3.05) is 17.3 Å². The highest BCUT2D eigenvalue weighted by molar-refractivity contribution is 5.79. The van der Waals surface area contributed by atoms with Crippen molar-refractivity contribution < 1.29 is 18.3 Å². The summed E-state index contributed by atoms with van der Waals surface area (Å²) in [6, 6.07) is 11.7. The number of aliphatic hydroxyl groups is 1. The minimum atomic E-state index is -4.42. The summed E-state index contributed by atoms with van der Waals surface area (Å²) in [6.07, 6.45) is 3.09. The molecule has 0 saturated heterocycles. The molecule has 1 aromatic heterocycles. The smallest absolute Gasteiger partial charge is 0.392 e. The molecule has 8 heteroatoms. The van der Waals surface area contributed by atoms with Gasteiger partial charge in [-0.2, -0.15) is 13.2 Å². The van der Waals surface area contributed by atoms with Crippen molar-refractivity contribution in [3.63, 3.8) is 0 Å². The first-order valence-electron chi connectivity index (χ1n) is 12.1. The third kappa shape index (κ3) is 4.98. The zero-order chi connectivity index (χ0) is 24.6. The summed E-state index contributed by atoms with van der Waals surface area (Å²) in [5, 5.41) is 13.4. The lowest BCUT2D eigenvalue weighted by molar-refractivity contribution is -0.137. The Morgan fingerprint density at radius 2 is 1.80 bits per heavy atom. The minimum Gasteiger partial charge on any atom is -0.392 e. The van der Waals surface area contributed by atoms with Crippen LogP contribution < -0.4 is 10.2 Å². The van der Waals surface area contributed by atoms with Gasteiger partial charge in [-0.05, 0) is 48.6 Å². The molecule has 1 fully saturated rings. The first kappa shape index (κ1) is 23.6. The second-order valence-electron chi connectivity index (χ2n) is 9.55. The predicted molar refractivity (Wildman–Crippen MR) is 131 cm³/mol. The molecule has 0 radical (unpaired) electrons. The number of hydrogen-bond acceptors (Lipinski definition) is 5. The number of halogens is 3. The number of nitrogens with zero attached hydrogens (tertiary/aromatic N) is 3. The van der Waals surface area contributed by atoms with Gasteiger partial charge in [0, 0.05) is 42.5 Å². The summed E-state index contributed by atoms with van der Waals surface area (Å²) in [4.78, 5) is 10.8. The Kier molecular flexibility index (Phi) is 6.40. The van der Waals surface area contributed by atoms with Gasteiger partial charge in [0.25, 0.3) is 0 Å². The summed E-state index contributed by atoms with van der Waals surface area (Å²) in [6.45, 7) is 0. The van der Waals surface area contributed by atoms with Crippen LogP contribution in [0.4, 0.5) is 30.4 Å². The van der Waals surface area contributed by atoms with E-state index < -0.39 is 11.7 Å². The molecule has 5 nitrogen and oxygen atoms in total. The van der Waals surface area contributed by atoms with E-state index in [-0.39, 0.29) is 12.1 Å². The second-order valence-corrected chi connectivity index (χ2v) is 9.55. The lowest BCUT2D eigenvalue weighted by atomic mass is 9.93. The molecule has 0 aliphatic heterocycles. The normalized spacial score (nSPS) is 18.4. The van der Waals surface area contributed by atoms with Crippen LogP contribution in [0.3, 0.4) is 0 Å². The van der Waals surface area contributed by atoms with Gasteiger partial charge in [-0.25, -0.2) is 9.97 Å². The average molecular weight is 483 g/mol. The number of alkyl halides is 3. The standard InChI is InChI=1S/C27H29F3N4O/c1-34(19-7-3-2-4-8-19)25-13-18(27(28,29)30)10-11-21(25)24-15-26(32-16-31-24)33-23-9-5-6-17-12-20(35)14-22(17)23/h5-6,9-11,13,15-16,19-20,35H,2-4,7-8,12,14H2,1H3,(H,31,32,33). The maximum Gasteiger partial charge on any atom is 0.416 e. The van der Waals surface area contributed by atoms with Crippen molar-refractivity contribution in [3.05, 3.63) is 65.5 Å². The number of nitrogens with one attached hydrogen (secondary N) is 1. The molecule has 5 rings (SSSR count). The van der Waals surface area contributed by atoms with Crippen LogP contribution in [0.15, 0.2) is 48.8 Å². The van der Waals surface area contributed by atoms with E-state index in [0.29, 0.717) is 35.6 Å². The predicted octanol–water partition coefficient (Wildman–Crippen LogP) is 6.13. The number of rotatable bonds is 5. The summed E-state index contributed by atoms with van der Waals surface area (Å²) in [5.41, 5.74) is 4.11. The Morgan fingerprint density at radius 3 is 2.57 bits per heavy atom. The molecular formula is C27H29F3N4O. The molecule has 1 heterocycles. The van der Waals surface area contributed by atoms with E-state index >= 15 is 0 Å². The van der Waals surface area contributed by atoms with E-state index in [2.05, 4.69) is 15.3 Å². The van der Waals surface area contributed by atoms with Crippen LogP contribution in [0.1, 0.15) is 48.8 Å². The van der Waals surface area contributed by atoms with Crippen LogP contribution in [-0.2, 0) is 19.0 Å². The zero-order valence-electron chi connectivity index (χ0n) is 19.6. The largest absolute Gasteiger partial charge is 0.416 e. The SMILES string of the molecule is CN(c1cc(C(F)(F)F)ccc1-c1cc(Nc2cccc3c2CC(O)C3)ncn1)C1CCCCC1. The van der Waals surface area contributed by atoms with Gasteiger partial charge in [-0.3, -0.25) is 0 Å². The van der Waals surface area contributed by atoms with Crippen molar-refractivity contribution in [1.82, 2.24) is 9.97 Å². The molecule has 0 amide bonds. The van der Waals surface area contributed by atoms with E-state index in [4.69, 9.17) is 0 Å². The van der Waals surface area contributed by atoms with Gasteiger partial charge in [-0.1, -0.05) is 37.5 Å². The van der Waals surface area contributed by atoms with Crippen LogP contribution in [0, 0.1) is 0 Å². The van der Waals surface area contributed by atoms with E-state index in [1.165, 1.54) is 24.9 Å². The molecule has 2 aliphatic rings. The Balaban J connectivity index is 1.50. The van der Waals surface area contributed by atoms with Crippen molar-refractivity contribution in [1.29, 1.82) is 0 Å². The number of aromatic nitrogens is 2. The topological polar surface area (TPSA) is 61.3 Å². The molecule has 35 heavy (non-hydrogen) atoms. The van der Waals surface area contributed by atoms with E-state index in [0.717, 1.165) is 48.6 Å². The maximum absolute atomic E-state index is 13.6. The summed E-state index contributed by atoms with van der Waals surface area (Å²) in [7, 11) is 1.88. The number of aliphatic hydroxyl groups excluding tert-OH is 1. The first-order valence-corrected chi connectivity index (χ1v) is 12.1. The third-order valence-electron chi connectivity index (χ3n) is 7.20. The van der Waals surface area contributed by atoms with Gasteiger partial charge in [0.15, 0.2) is 0 Å². The fourth-order valence-corrected chi connectivity index (χ4v) is 5.34. The van der Waals surface area contributed by atoms with Gasteiger partial charge in [0.1, 0.15) is 12.1 Å². The van der Waals surface area contributed by atoms with Gasteiger partial charge in [0.05, 0.1) is 17.4 Å². The lowest BCUT2D eigenvalue weighted by Gasteiger charge is -2.34. The lowest BCUT2D eigenvalue weighted by Crippen LogP contribution is -2.33. The minimum absolute atomic E-state index is 0.198. The molecule has 2 aromatic carbocycles. The van der Waals surface area contributed by atoms with Crippen molar-refractivity contribution in [3.8, 4) is 11.3 Å². The highest BCUT2D eigenvalue weighted by Gasteiger charge is 2.32. The van der Waals surface area contributed by atoms with Crippen LogP contribution >= 0.6 is 0 Å². The monoisotopic (exact) mass is 482 g/mol. The number of benzene rings is 2. The van der Waals surface area contributed by atoms with Crippen LogP contribution in [0.5, 0.6) is 0 Å². The summed E-state index contributed by atoms with van der Waals surface area (Å²) >= 11 is 0. The van der Waals surface area contributed by atoms with Gasteiger partial charge >= 0.3 is 6.18 Å². The fourth-order valence-electron chi connectivity index (χ4n) is 5.34. The van der Waals surface area contributed by atoms with Crippen molar-refractivity contribution >= 4 is 17.2 Å². The van der Waals surface area contributed by atoms with Crippen LogP contribution in [0.25, 0.3) is 11.3 Å². The highest BCUT2D eigenvalue weighted by atomic mass is 19.4. The molecule has 0 spiro atoms. The molecule has 2 N–H and O–H groups in total. The second kappa shape index (κ2) is 9.49. The zero-order valence-corrected chi connectivity index (χ0v) is 19.6. The summed E-state index contributed by atoms with van der Waals surface area (Å²) < 4.78 is 40.7. The van der Waals surface area contributed by atoms with Gasteiger partial charge < -0.3 is 15.3 Å². The van der Waals surface area contributed by atoms with Crippen molar-refractivity contribution in [2.45, 2.75) is 63.3 Å². The molecule has 1 atom stereocenters. The fraction of sp³-hybridized carbons (Fsp3) is 0.407. The van der Waals surface area contributed by atoms with Crippen LogP contribution in [0.2, 0.25) is 0 Å². The highest BCUT2D eigenvalue weighted by Crippen LogP contribution is 2.39. The molecule has 184 valence electrons. The number of anilines is 3.